The molecule has 1 aromatic rings. The van der Waals surface area contributed by atoms with Crippen LogP contribution in [0.3, 0.4) is 0 Å². The van der Waals surface area contributed by atoms with Crippen LogP contribution in [0.2, 0.25) is 0 Å². The molecule has 2 heterocycles. The van der Waals surface area contributed by atoms with Gasteiger partial charge in [0, 0.05) is 17.5 Å². The number of thiophene rings is 1. The summed E-state index contributed by atoms with van der Waals surface area (Å²) in [5.74, 6) is -0.426. The van der Waals surface area contributed by atoms with Crippen LogP contribution in [-0.2, 0) is 9.53 Å². The third-order valence-electron chi connectivity index (χ3n) is 2.46. The average Bonchev–Trinajstić information content (AvgIpc) is 2.72. The number of amides is 1. The number of carbonyl (C=O) groups is 2. The highest BCUT2D eigenvalue weighted by Crippen LogP contribution is 2.29. The fourth-order valence-corrected chi connectivity index (χ4v) is 2.66. The summed E-state index contributed by atoms with van der Waals surface area (Å²) in [6.07, 6.45) is 2.14. The summed E-state index contributed by atoms with van der Waals surface area (Å²) >= 11 is 1.47. The van der Waals surface area contributed by atoms with Crippen molar-refractivity contribution in [3.8, 4) is 0 Å². The summed E-state index contributed by atoms with van der Waals surface area (Å²) in [4.78, 5) is 24.0. The van der Waals surface area contributed by atoms with Crippen molar-refractivity contribution in [1.29, 1.82) is 0 Å². The number of fused-ring (bicyclic) bond motifs is 1. The van der Waals surface area contributed by atoms with Gasteiger partial charge in [0.2, 0.25) is 0 Å². The molecule has 0 atom stereocenters. The Morgan fingerprint density at radius 3 is 3.24 bits per heavy atom. The summed E-state index contributed by atoms with van der Waals surface area (Å²) in [6.45, 7) is 2.67. The van der Waals surface area contributed by atoms with Gasteiger partial charge in [0.1, 0.15) is 0 Å². The second kappa shape index (κ2) is 5.14. The van der Waals surface area contributed by atoms with Gasteiger partial charge >= 0.3 is 5.97 Å². The minimum absolute atomic E-state index is 0.0755. The smallest absolute Gasteiger partial charge is 0.331 e. The Morgan fingerprint density at radius 1 is 1.65 bits per heavy atom. The first-order chi connectivity index (χ1) is 8.22. The Hall–Kier alpha value is -1.62. The molecule has 5 heteroatoms. The molecule has 17 heavy (non-hydrogen) atoms. The number of rotatable bonds is 2. The molecule has 1 N–H and O–H groups in total. The summed E-state index contributed by atoms with van der Waals surface area (Å²) in [5.41, 5.74) is 1.51. The van der Waals surface area contributed by atoms with E-state index in [2.05, 4.69) is 5.32 Å². The van der Waals surface area contributed by atoms with Crippen LogP contribution in [-0.4, -0.2) is 25.0 Å². The molecule has 1 aliphatic heterocycles. The van der Waals surface area contributed by atoms with Crippen molar-refractivity contribution in [3.63, 3.8) is 0 Å². The van der Waals surface area contributed by atoms with E-state index in [1.54, 1.807) is 13.0 Å². The maximum absolute atomic E-state index is 11.7. The van der Waals surface area contributed by atoms with Gasteiger partial charge in [0.05, 0.1) is 12.2 Å². The Bertz CT molecular complexity index is 476. The Kier molecular flexibility index (Phi) is 3.58. The lowest BCUT2D eigenvalue weighted by molar-refractivity contribution is -0.137. The van der Waals surface area contributed by atoms with E-state index in [9.17, 15) is 9.59 Å². The second-order valence-corrected chi connectivity index (χ2v) is 4.51. The van der Waals surface area contributed by atoms with Crippen LogP contribution in [0.25, 0.3) is 5.57 Å². The molecule has 0 fully saturated rings. The van der Waals surface area contributed by atoms with Gasteiger partial charge in [0.15, 0.2) is 0 Å². The van der Waals surface area contributed by atoms with E-state index >= 15 is 0 Å². The molecule has 1 aliphatic rings. The van der Waals surface area contributed by atoms with E-state index in [-0.39, 0.29) is 11.9 Å². The zero-order valence-corrected chi connectivity index (χ0v) is 10.3. The molecular formula is C12H13NO3S. The molecule has 0 saturated carbocycles. The van der Waals surface area contributed by atoms with Crippen LogP contribution in [0, 0.1) is 0 Å². The molecule has 2 rings (SSSR count). The first kappa shape index (κ1) is 11.9. The molecular weight excluding hydrogens is 238 g/mol. The molecule has 1 aromatic heterocycles. The summed E-state index contributed by atoms with van der Waals surface area (Å²) in [6, 6.07) is 1.78. The number of hydrogen-bond acceptors (Lipinski definition) is 4. The van der Waals surface area contributed by atoms with E-state index in [0.29, 0.717) is 25.1 Å². The van der Waals surface area contributed by atoms with Crippen molar-refractivity contribution in [2.45, 2.75) is 13.3 Å². The fourth-order valence-electron chi connectivity index (χ4n) is 1.72. The molecule has 0 aliphatic carbocycles. The molecule has 1 amide bonds. The molecule has 90 valence electrons. The number of carbonyl (C=O) groups excluding carboxylic acids is 2. The lowest BCUT2D eigenvalue weighted by Crippen LogP contribution is -2.22. The first-order valence-electron chi connectivity index (χ1n) is 5.45. The predicted octanol–water partition coefficient (Wildman–Crippen LogP) is 1.83. The zero-order valence-electron chi connectivity index (χ0n) is 9.49. The molecule has 0 bridgehead atoms. The highest BCUT2D eigenvalue weighted by molar-refractivity contribution is 7.11. The van der Waals surface area contributed by atoms with Gasteiger partial charge in [-0.3, -0.25) is 4.79 Å². The Balaban J connectivity index is 2.33. The van der Waals surface area contributed by atoms with Crippen LogP contribution in [0.15, 0.2) is 17.5 Å². The average molecular weight is 251 g/mol. The van der Waals surface area contributed by atoms with Gasteiger partial charge in [-0.05, 0) is 30.4 Å². The largest absolute Gasteiger partial charge is 0.463 e. The minimum Gasteiger partial charge on any atom is -0.463 e. The monoisotopic (exact) mass is 251 g/mol. The van der Waals surface area contributed by atoms with E-state index in [0.717, 1.165) is 10.5 Å². The van der Waals surface area contributed by atoms with Gasteiger partial charge in [-0.25, -0.2) is 4.79 Å². The van der Waals surface area contributed by atoms with E-state index in [1.165, 1.54) is 17.4 Å². The minimum atomic E-state index is -0.351. The number of hydrogen-bond donors (Lipinski definition) is 1. The lowest BCUT2D eigenvalue weighted by atomic mass is 10.1. The van der Waals surface area contributed by atoms with Crippen molar-refractivity contribution in [1.82, 2.24) is 5.32 Å². The van der Waals surface area contributed by atoms with Crippen molar-refractivity contribution in [2.75, 3.05) is 13.2 Å². The van der Waals surface area contributed by atoms with Gasteiger partial charge in [-0.2, -0.15) is 0 Å². The predicted molar refractivity (Wildman–Crippen MR) is 65.9 cm³/mol. The second-order valence-electron chi connectivity index (χ2n) is 3.59. The highest BCUT2D eigenvalue weighted by Gasteiger charge is 2.20. The van der Waals surface area contributed by atoms with Crippen molar-refractivity contribution >= 4 is 28.8 Å². The topological polar surface area (TPSA) is 55.4 Å². The number of ether oxygens (including phenoxy) is 1. The van der Waals surface area contributed by atoms with Crippen LogP contribution >= 0.6 is 11.3 Å². The normalized spacial score (nSPS) is 17.2. The number of nitrogens with one attached hydrogen (secondary N) is 1. The van der Waals surface area contributed by atoms with Crippen molar-refractivity contribution in [2.24, 2.45) is 0 Å². The van der Waals surface area contributed by atoms with Gasteiger partial charge in [0.25, 0.3) is 5.91 Å². The third kappa shape index (κ3) is 2.55. The van der Waals surface area contributed by atoms with E-state index in [4.69, 9.17) is 4.74 Å². The molecule has 0 aromatic carbocycles. The van der Waals surface area contributed by atoms with E-state index < -0.39 is 0 Å². The maximum atomic E-state index is 11.7. The van der Waals surface area contributed by atoms with Crippen molar-refractivity contribution < 1.29 is 14.3 Å². The molecule has 4 nitrogen and oxygen atoms in total. The summed E-state index contributed by atoms with van der Waals surface area (Å²) in [5, 5.41) is 4.65. The highest BCUT2D eigenvalue weighted by atomic mass is 32.1. The first-order valence-corrected chi connectivity index (χ1v) is 6.33. The molecule has 0 radical (unpaired) electrons. The fraction of sp³-hybridized carbons (Fsp3) is 0.333. The number of esters is 1. The van der Waals surface area contributed by atoms with Gasteiger partial charge < -0.3 is 10.1 Å². The van der Waals surface area contributed by atoms with Crippen molar-refractivity contribution in [3.05, 3.63) is 28.0 Å². The maximum Gasteiger partial charge on any atom is 0.331 e. The standard InChI is InChI=1S/C12H13NO3S/c1-2-16-10(14)7-8-3-5-13-12(15)9-4-6-17-11(8)9/h4,6-7H,2-3,5H2,1H3,(H,13,15)/b8-7+. The van der Waals surface area contributed by atoms with Crippen LogP contribution in [0.5, 0.6) is 0 Å². The lowest BCUT2D eigenvalue weighted by Gasteiger charge is -2.02. The van der Waals surface area contributed by atoms with Crippen LogP contribution in [0.4, 0.5) is 0 Å². The molecule has 0 saturated heterocycles. The molecule has 0 spiro atoms. The van der Waals surface area contributed by atoms with Crippen LogP contribution < -0.4 is 5.32 Å². The molecule has 0 unspecified atom stereocenters. The summed E-state index contributed by atoms with van der Waals surface area (Å²) in [7, 11) is 0. The van der Waals surface area contributed by atoms with Crippen LogP contribution in [0.1, 0.15) is 28.6 Å². The summed E-state index contributed by atoms with van der Waals surface area (Å²) < 4.78 is 4.89. The van der Waals surface area contributed by atoms with E-state index in [1.807, 2.05) is 5.38 Å². The zero-order chi connectivity index (χ0) is 12.3. The third-order valence-corrected chi connectivity index (χ3v) is 3.45. The Labute approximate surface area is 103 Å². The Morgan fingerprint density at radius 2 is 2.47 bits per heavy atom. The van der Waals surface area contributed by atoms with Gasteiger partial charge in [-0.1, -0.05) is 0 Å². The SMILES string of the molecule is CCOC(=O)/C=C1\CCNC(=O)c2ccsc21. The van der Waals surface area contributed by atoms with Gasteiger partial charge in [-0.15, -0.1) is 11.3 Å². The quantitative estimate of drug-likeness (QED) is 0.644.